The molecule has 8 heteroatoms. The molecule has 1 unspecified atom stereocenters. The van der Waals surface area contributed by atoms with Gasteiger partial charge in [0.2, 0.25) is 0 Å². The Hall–Kier alpha value is -3.45. The summed E-state index contributed by atoms with van der Waals surface area (Å²) in [7, 11) is 3.49. The first-order chi connectivity index (χ1) is 17.3. The molecular weight excluding hydrogens is 495 g/mol. The zero-order valence-corrected chi connectivity index (χ0v) is 21.3. The normalized spacial score (nSPS) is 13.1. The number of aryl methyl sites for hydroxylation is 4. The summed E-state index contributed by atoms with van der Waals surface area (Å²) in [5.41, 5.74) is 1.86. The van der Waals surface area contributed by atoms with Crippen molar-refractivity contribution in [3.05, 3.63) is 128 Å². The molecular formula is C28H24Cl2N4O2. The third-order valence-electron chi connectivity index (χ3n) is 6.60. The second-order valence-corrected chi connectivity index (χ2v) is 9.75. The Bertz CT molecular complexity index is 1630. The highest BCUT2D eigenvalue weighted by atomic mass is 35.5. The van der Waals surface area contributed by atoms with Gasteiger partial charge in [-0.2, -0.15) is 0 Å². The predicted octanol–water partition coefficient (Wildman–Crippen LogP) is 5.04. The molecule has 1 N–H and O–H groups in total. The molecule has 0 saturated carbocycles. The van der Waals surface area contributed by atoms with Gasteiger partial charge in [-0.25, -0.2) is 0 Å². The molecule has 0 aliphatic rings. The van der Waals surface area contributed by atoms with Crippen LogP contribution in [0.15, 0.2) is 83.9 Å². The monoisotopic (exact) mass is 518 g/mol. The number of aliphatic hydroxyl groups is 1. The van der Waals surface area contributed by atoms with Gasteiger partial charge in [0.25, 0.3) is 5.56 Å². The van der Waals surface area contributed by atoms with Crippen LogP contribution in [-0.4, -0.2) is 24.4 Å². The van der Waals surface area contributed by atoms with Crippen LogP contribution in [-0.2, 0) is 32.5 Å². The smallest absolute Gasteiger partial charge is 0.251 e. The fourth-order valence-corrected chi connectivity index (χ4v) is 5.11. The highest BCUT2D eigenvalue weighted by Crippen LogP contribution is 2.39. The molecule has 0 spiro atoms. The van der Waals surface area contributed by atoms with Gasteiger partial charge >= 0.3 is 0 Å². The van der Waals surface area contributed by atoms with Gasteiger partial charge in [-0.15, -0.1) is 10.2 Å². The van der Waals surface area contributed by atoms with E-state index in [1.54, 1.807) is 53.6 Å². The lowest BCUT2D eigenvalue weighted by Crippen LogP contribution is -2.34. The molecule has 0 amide bonds. The number of pyridine rings is 1. The predicted molar refractivity (Wildman–Crippen MR) is 143 cm³/mol. The number of para-hydroxylation sites is 1. The third-order valence-corrected chi connectivity index (χ3v) is 7.09. The molecule has 0 bridgehead atoms. The summed E-state index contributed by atoms with van der Waals surface area (Å²) in [4.78, 5) is 13.1. The van der Waals surface area contributed by atoms with Gasteiger partial charge in [0.05, 0.1) is 5.52 Å². The quantitative estimate of drug-likeness (QED) is 0.341. The van der Waals surface area contributed by atoms with Crippen LogP contribution < -0.4 is 5.56 Å². The second kappa shape index (κ2) is 9.54. The SMILES string of the molecule is Cn1cnnc1C(O)(c1ccc(Cl)cc1)c1cccc2c(CCc3cccc(Cl)c3)cc(=O)n(C)c12. The van der Waals surface area contributed by atoms with Gasteiger partial charge in [0, 0.05) is 41.2 Å². The van der Waals surface area contributed by atoms with Crippen molar-refractivity contribution in [2.24, 2.45) is 14.1 Å². The van der Waals surface area contributed by atoms with E-state index in [4.69, 9.17) is 23.2 Å². The van der Waals surface area contributed by atoms with Crippen molar-refractivity contribution in [2.45, 2.75) is 18.4 Å². The fraction of sp³-hybridized carbons (Fsp3) is 0.179. The van der Waals surface area contributed by atoms with Gasteiger partial charge in [0.15, 0.2) is 11.4 Å². The van der Waals surface area contributed by atoms with Gasteiger partial charge in [0.1, 0.15) is 6.33 Å². The largest absolute Gasteiger partial charge is 0.373 e. The molecule has 0 fully saturated rings. The van der Waals surface area contributed by atoms with E-state index in [-0.39, 0.29) is 5.56 Å². The minimum Gasteiger partial charge on any atom is -0.373 e. The molecule has 0 radical (unpaired) electrons. The van der Waals surface area contributed by atoms with E-state index in [2.05, 4.69) is 10.2 Å². The van der Waals surface area contributed by atoms with Crippen LogP contribution in [0.5, 0.6) is 0 Å². The fourth-order valence-electron chi connectivity index (χ4n) is 4.77. The van der Waals surface area contributed by atoms with Crippen molar-refractivity contribution >= 4 is 34.1 Å². The maximum atomic E-state index is 13.1. The highest BCUT2D eigenvalue weighted by molar-refractivity contribution is 6.30. The van der Waals surface area contributed by atoms with E-state index in [0.29, 0.717) is 38.9 Å². The third kappa shape index (κ3) is 4.22. The van der Waals surface area contributed by atoms with Crippen LogP contribution in [0.1, 0.15) is 28.1 Å². The summed E-state index contributed by atoms with van der Waals surface area (Å²) in [6.07, 6.45) is 2.90. The average Bonchev–Trinajstić information content (AvgIpc) is 3.31. The minimum absolute atomic E-state index is 0.160. The summed E-state index contributed by atoms with van der Waals surface area (Å²) in [5, 5.41) is 22.8. The standard InChI is InChI=1S/C28H24Cl2N4O2/c1-33-17-31-32-27(33)28(36,20-11-13-21(29)14-12-20)24-8-4-7-23-19(16-25(35)34(2)26(23)24)10-9-18-5-3-6-22(30)15-18/h3-8,11-17,36H,9-10H2,1-2H3. The Morgan fingerprint density at radius 3 is 2.36 bits per heavy atom. The van der Waals surface area contributed by atoms with E-state index in [1.165, 1.54) is 6.33 Å². The molecule has 0 saturated heterocycles. The Labute approximate surface area is 218 Å². The summed E-state index contributed by atoms with van der Waals surface area (Å²) in [6, 6.07) is 22.0. The lowest BCUT2D eigenvalue weighted by Gasteiger charge is -2.30. The maximum Gasteiger partial charge on any atom is 0.251 e. The number of benzene rings is 3. The molecule has 2 heterocycles. The molecule has 182 valence electrons. The van der Waals surface area contributed by atoms with E-state index >= 15 is 0 Å². The molecule has 0 aliphatic carbocycles. The molecule has 0 aliphatic heterocycles. The van der Waals surface area contributed by atoms with Crippen LogP contribution in [0, 0.1) is 0 Å². The Balaban J connectivity index is 1.74. The number of hydrogen-bond donors (Lipinski definition) is 1. The number of fused-ring (bicyclic) bond motifs is 1. The summed E-state index contributed by atoms with van der Waals surface area (Å²) < 4.78 is 3.25. The topological polar surface area (TPSA) is 72.9 Å². The molecule has 3 aromatic carbocycles. The summed E-state index contributed by atoms with van der Waals surface area (Å²) >= 11 is 12.3. The van der Waals surface area contributed by atoms with Gasteiger partial charge in [-0.1, -0.05) is 65.7 Å². The van der Waals surface area contributed by atoms with Crippen molar-refractivity contribution in [1.82, 2.24) is 19.3 Å². The van der Waals surface area contributed by atoms with Crippen LogP contribution >= 0.6 is 23.2 Å². The highest BCUT2D eigenvalue weighted by Gasteiger charge is 2.40. The van der Waals surface area contributed by atoms with Crippen molar-refractivity contribution in [3.8, 4) is 0 Å². The number of halogens is 2. The van der Waals surface area contributed by atoms with E-state index in [1.807, 2.05) is 42.5 Å². The first-order valence-electron chi connectivity index (χ1n) is 11.5. The molecule has 36 heavy (non-hydrogen) atoms. The van der Waals surface area contributed by atoms with Crippen LogP contribution in [0.2, 0.25) is 10.0 Å². The zero-order valence-electron chi connectivity index (χ0n) is 19.8. The molecule has 5 aromatic rings. The minimum atomic E-state index is -1.69. The Kier molecular flexibility index (Phi) is 6.43. The summed E-state index contributed by atoms with van der Waals surface area (Å²) in [6.45, 7) is 0. The van der Waals surface area contributed by atoms with Crippen LogP contribution in [0.25, 0.3) is 10.9 Å². The van der Waals surface area contributed by atoms with Crippen molar-refractivity contribution < 1.29 is 5.11 Å². The van der Waals surface area contributed by atoms with Gasteiger partial charge in [-0.3, -0.25) is 4.79 Å². The zero-order chi connectivity index (χ0) is 25.4. The van der Waals surface area contributed by atoms with E-state index < -0.39 is 5.60 Å². The van der Waals surface area contributed by atoms with Crippen molar-refractivity contribution in [1.29, 1.82) is 0 Å². The maximum absolute atomic E-state index is 13.1. The lowest BCUT2D eigenvalue weighted by molar-refractivity contribution is 0.113. The number of aromatic nitrogens is 4. The average molecular weight is 519 g/mol. The number of nitrogens with zero attached hydrogens (tertiary/aromatic N) is 4. The van der Waals surface area contributed by atoms with E-state index in [0.717, 1.165) is 22.9 Å². The molecule has 6 nitrogen and oxygen atoms in total. The van der Waals surface area contributed by atoms with Gasteiger partial charge < -0.3 is 14.2 Å². The molecule has 5 rings (SSSR count). The first kappa shape index (κ1) is 24.3. The Morgan fingerprint density at radius 1 is 0.917 bits per heavy atom. The van der Waals surface area contributed by atoms with Crippen LogP contribution in [0.4, 0.5) is 0 Å². The first-order valence-corrected chi connectivity index (χ1v) is 12.2. The molecule has 1 atom stereocenters. The van der Waals surface area contributed by atoms with Gasteiger partial charge in [-0.05, 0) is 53.8 Å². The summed E-state index contributed by atoms with van der Waals surface area (Å²) in [5.74, 6) is 0.328. The van der Waals surface area contributed by atoms with Crippen LogP contribution in [0.3, 0.4) is 0 Å². The lowest BCUT2D eigenvalue weighted by atomic mass is 9.83. The second-order valence-electron chi connectivity index (χ2n) is 8.88. The van der Waals surface area contributed by atoms with Crippen molar-refractivity contribution in [2.75, 3.05) is 0 Å². The Morgan fingerprint density at radius 2 is 1.67 bits per heavy atom. The molecule has 2 aromatic heterocycles. The van der Waals surface area contributed by atoms with E-state index in [9.17, 15) is 9.90 Å². The number of rotatable bonds is 6. The number of hydrogen-bond acceptors (Lipinski definition) is 4. The van der Waals surface area contributed by atoms with Crippen molar-refractivity contribution in [3.63, 3.8) is 0 Å².